The van der Waals surface area contributed by atoms with Crippen LogP contribution in [0, 0.1) is 11.3 Å². The van der Waals surface area contributed by atoms with E-state index in [2.05, 4.69) is 16.7 Å². The van der Waals surface area contributed by atoms with E-state index in [0.717, 1.165) is 17.0 Å². The van der Waals surface area contributed by atoms with Gasteiger partial charge in [0.05, 0.1) is 36.5 Å². The lowest BCUT2D eigenvalue weighted by molar-refractivity contribution is -0.136. The maximum Gasteiger partial charge on any atom is 0.307 e. The predicted octanol–water partition coefficient (Wildman–Crippen LogP) is 3.52. The number of carboxylic acid groups (broad SMARTS) is 1. The SMILES string of the molecule is N#Cc1cccc2c1O[C@@H]([C@H](NCCc1cc(CC(=O)O)co1)c1ccccc1)CN2. The first kappa shape index (κ1) is 20.5. The van der Waals surface area contributed by atoms with E-state index in [4.69, 9.17) is 14.3 Å². The molecule has 0 saturated carbocycles. The zero-order valence-corrected chi connectivity index (χ0v) is 16.9. The van der Waals surface area contributed by atoms with Gasteiger partial charge in [0.2, 0.25) is 0 Å². The molecule has 1 aromatic heterocycles. The Morgan fingerprint density at radius 1 is 1.26 bits per heavy atom. The largest absolute Gasteiger partial charge is 0.483 e. The molecule has 2 aromatic carbocycles. The number of nitrogens with one attached hydrogen (secondary N) is 2. The molecule has 2 atom stereocenters. The number of anilines is 1. The van der Waals surface area contributed by atoms with Crippen molar-refractivity contribution in [1.29, 1.82) is 5.26 Å². The summed E-state index contributed by atoms with van der Waals surface area (Å²) in [6.45, 7) is 1.21. The summed E-state index contributed by atoms with van der Waals surface area (Å²) in [4.78, 5) is 10.9. The van der Waals surface area contributed by atoms with E-state index in [9.17, 15) is 10.1 Å². The fourth-order valence-electron chi connectivity index (χ4n) is 3.78. The van der Waals surface area contributed by atoms with Crippen molar-refractivity contribution in [3.05, 3.63) is 83.3 Å². The Kier molecular flexibility index (Phi) is 6.20. The highest BCUT2D eigenvalue weighted by molar-refractivity contribution is 5.70. The molecular weight excluding hydrogens is 394 g/mol. The van der Waals surface area contributed by atoms with E-state index in [1.165, 1.54) is 6.26 Å². The number of nitriles is 1. The van der Waals surface area contributed by atoms with Crippen molar-refractivity contribution in [2.75, 3.05) is 18.4 Å². The number of rotatable bonds is 8. The first-order valence-corrected chi connectivity index (χ1v) is 10.1. The molecule has 0 amide bonds. The molecule has 0 aliphatic carbocycles. The Labute approximate surface area is 180 Å². The quantitative estimate of drug-likeness (QED) is 0.515. The molecule has 31 heavy (non-hydrogen) atoms. The molecule has 4 rings (SSSR count). The normalized spacial score (nSPS) is 15.8. The van der Waals surface area contributed by atoms with Crippen LogP contribution < -0.4 is 15.4 Å². The van der Waals surface area contributed by atoms with Crippen molar-refractivity contribution in [3.8, 4) is 11.8 Å². The van der Waals surface area contributed by atoms with Crippen LogP contribution in [-0.4, -0.2) is 30.3 Å². The molecule has 7 nitrogen and oxygen atoms in total. The maximum absolute atomic E-state index is 10.9. The highest BCUT2D eigenvalue weighted by Crippen LogP contribution is 2.35. The maximum atomic E-state index is 10.9. The van der Waals surface area contributed by atoms with Crippen molar-refractivity contribution in [2.24, 2.45) is 0 Å². The van der Waals surface area contributed by atoms with Crippen LogP contribution in [0.2, 0.25) is 0 Å². The average Bonchev–Trinajstić information content (AvgIpc) is 3.23. The van der Waals surface area contributed by atoms with Crippen molar-refractivity contribution >= 4 is 11.7 Å². The molecule has 0 fully saturated rings. The number of aliphatic carboxylic acids is 1. The summed E-state index contributed by atoms with van der Waals surface area (Å²) in [5.74, 6) is 0.428. The molecule has 1 aliphatic rings. The van der Waals surface area contributed by atoms with Gasteiger partial charge >= 0.3 is 5.97 Å². The minimum atomic E-state index is -0.881. The number of carbonyl (C=O) groups is 1. The standard InChI is InChI=1S/C24H23N3O4/c25-13-18-7-4-8-20-24(18)31-21(14-27-20)23(17-5-2-1-3-6-17)26-10-9-19-11-16(15-30-19)12-22(28)29/h1-8,11,15,21,23,26-27H,9-10,12,14H2,(H,28,29)/t21-,23-/m1/s1. The third-order valence-electron chi connectivity index (χ3n) is 5.23. The molecule has 7 heteroatoms. The van der Waals surface area contributed by atoms with Crippen LogP contribution in [0.5, 0.6) is 5.75 Å². The average molecular weight is 417 g/mol. The van der Waals surface area contributed by atoms with Gasteiger partial charge in [0.25, 0.3) is 0 Å². The minimum Gasteiger partial charge on any atom is -0.483 e. The Balaban J connectivity index is 1.48. The third kappa shape index (κ3) is 4.87. The van der Waals surface area contributed by atoms with E-state index in [1.54, 1.807) is 12.1 Å². The van der Waals surface area contributed by atoms with Gasteiger partial charge in [0.15, 0.2) is 5.75 Å². The topological polar surface area (TPSA) is 108 Å². The van der Waals surface area contributed by atoms with Crippen LogP contribution in [0.1, 0.15) is 28.5 Å². The Morgan fingerprint density at radius 3 is 2.87 bits per heavy atom. The number of carboxylic acids is 1. The van der Waals surface area contributed by atoms with Gasteiger partial charge in [-0.25, -0.2) is 0 Å². The molecule has 3 N–H and O–H groups in total. The summed E-state index contributed by atoms with van der Waals surface area (Å²) in [5, 5.41) is 25.3. The Bertz CT molecular complexity index is 1090. The van der Waals surface area contributed by atoms with E-state index in [-0.39, 0.29) is 18.6 Å². The number of hydrogen-bond acceptors (Lipinski definition) is 6. The number of benzene rings is 2. The van der Waals surface area contributed by atoms with Crippen molar-refractivity contribution in [2.45, 2.75) is 25.0 Å². The van der Waals surface area contributed by atoms with Crippen LogP contribution in [-0.2, 0) is 17.6 Å². The third-order valence-corrected chi connectivity index (χ3v) is 5.23. The van der Waals surface area contributed by atoms with E-state index in [1.807, 2.05) is 42.5 Å². The number of para-hydroxylation sites is 1. The first-order chi connectivity index (χ1) is 15.1. The van der Waals surface area contributed by atoms with Gasteiger partial charge in [-0.2, -0.15) is 5.26 Å². The Hall–Kier alpha value is -3.76. The van der Waals surface area contributed by atoms with Gasteiger partial charge in [-0.15, -0.1) is 0 Å². The smallest absolute Gasteiger partial charge is 0.307 e. The Morgan fingerprint density at radius 2 is 2.10 bits per heavy atom. The second-order valence-corrected chi connectivity index (χ2v) is 7.42. The summed E-state index contributed by atoms with van der Waals surface area (Å²) in [7, 11) is 0. The van der Waals surface area contributed by atoms with Gasteiger partial charge in [-0.3, -0.25) is 4.79 Å². The van der Waals surface area contributed by atoms with Crippen molar-refractivity contribution < 1.29 is 19.1 Å². The summed E-state index contributed by atoms with van der Waals surface area (Å²) >= 11 is 0. The monoisotopic (exact) mass is 417 g/mol. The number of fused-ring (bicyclic) bond motifs is 1. The van der Waals surface area contributed by atoms with Crippen LogP contribution in [0.25, 0.3) is 0 Å². The molecular formula is C24H23N3O4. The predicted molar refractivity (Wildman–Crippen MR) is 115 cm³/mol. The van der Waals surface area contributed by atoms with Crippen LogP contribution in [0.4, 0.5) is 5.69 Å². The molecule has 158 valence electrons. The number of furan rings is 1. The molecule has 0 unspecified atom stereocenters. The lowest BCUT2D eigenvalue weighted by Gasteiger charge is -2.34. The molecule has 2 heterocycles. The number of hydrogen-bond donors (Lipinski definition) is 3. The lowest BCUT2D eigenvalue weighted by Crippen LogP contribution is -2.43. The molecule has 1 aliphatic heterocycles. The van der Waals surface area contributed by atoms with E-state index in [0.29, 0.717) is 36.4 Å². The molecule has 0 saturated heterocycles. The highest BCUT2D eigenvalue weighted by atomic mass is 16.5. The summed E-state index contributed by atoms with van der Waals surface area (Å²) in [5.41, 5.74) is 3.06. The van der Waals surface area contributed by atoms with E-state index < -0.39 is 5.97 Å². The highest BCUT2D eigenvalue weighted by Gasteiger charge is 2.30. The minimum absolute atomic E-state index is 0.0498. The summed E-state index contributed by atoms with van der Waals surface area (Å²) < 4.78 is 11.8. The zero-order valence-electron chi connectivity index (χ0n) is 16.9. The van der Waals surface area contributed by atoms with Crippen molar-refractivity contribution in [1.82, 2.24) is 5.32 Å². The first-order valence-electron chi connectivity index (χ1n) is 10.1. The van der Waals surface area contributed by atoms with Crippen LogP contribution >= 0.6 is 0 Å². The number of ether oxygens (including phenoxy) is 1. The van der Waals surface area contributed by atoms with Gasteiger partial charge in [-0.1, -0.05) is 36.4 Å². The fraction of sp³-hybridized carbons (Fsp3) is 0.250. The van der Waals surface area contributed by atoms with Gasteiger partial charge in [-0.05, 0) is 23.8 Å². The molecule has 0 bridgehead atoms. The summed E-state index contributed by atoms with van der Waals surface area (Å²) in [6, 6.07) is 19.4. The number of nitrogens with zero attached hydrogens (tertiary/aromatic N) is 1. The van der Waals surface area contributed by atoms with Gasteiger partial charge in [0.1, 0.15) is 17.9 Å². The lowest BCUT2D eigenvalue weighted by atomic mass is 9.99. The van der Waals surface area contributed by atoms with Gasteiger partial charge < -0.3 is 24.9 Å². The fourth-order valence-corrected chi connectivity index (χ4v) is 3.78. The second kappa shape index (κ2) is 9.37. The zero-order chi connectivity index (χ0) is 21.6. The summed E-state index contributed by atoms with van der Waals surface area (Å²) in [6.07, 6.45) is 1.84. The van der Waals surface area contributed by atoms with Crippen LogP contribution in [0.15, 0.2) is 65.3 Å². The second-order valence-electron chi connectivity index (χ2n) is 7.42. The van der Waals surface area contributed by atoms with E-state index >= 15 is 0 Å². The van der Waals surface area contributed by atoms with Crippen LogP contribution in [0.3, 0.4) is 0 Å². The van der Waals surface area contributed by atoms with Crippen molar-refractivity contribution in [3.63, 3.8) is 0 Å². The molecule has 3 aromatic rings. The molecule has 0 spiro atoms. The van der Waals surface area contributed by atoms with Gasteiger partial charge in [0, 0.05) is 18.5 Å². The molecule has 0 radical (unpaired) electrons.